The van der Waals surface area contributed by atoms with E-state index in [-0.39, 0.29) is 11.3 Å². The number of nitro groups is 1. The minimum atomic E-state index is -0.954. The third-order valence-corrected chi connectivity index (χ3v) is 3.87. The fourth-order valence-corrected chi connectivity index (χ4v) is 2.57. The summed E-state index contributed by atoms with van der Waals surface area (Å²) in [5.41, 5.74) is 0.640. The summed E-state index contributed by atoms with van der Waals surface area (Å²) >= 11 is 1.00. The van der Waals surface area contributed by atoms with Gasteiger partial charge < -0.3 is 10.1 Å². The minimum absolute atomic E-state index is 0.223. The number of benzene rings is 2. The Morgan fingerprint density at radius 1 is 1.31 bits per heavy atom. The third kappa shape index (κ3) is 4.81. The molecule has 0 saturated heterocycles. The summed E-state index contributed by atoms with van der Waals surface area (Å²) < 4.78 is 4.85. The number of amides is 1. The second-order valence-corrected chi connectivity index (χ2v) is 5.93. The maximum Gasteiger partial charge on any atom is 0.345 e. The standard InChI is InChI=1S/C17H13N3O5S/c1-11-8-12(26-10-18)6-7-14(11)19-16(21)9-25-17(22)13-4-2-3-5-15(13)20(23)24/h2-8H,9H2,1H3,(H,19,21). The molecular formula is C17H13N3O5S. The van der Waals surface area contributed by atoms with Crippen LogP contribution >= 0.6 is 11.8 Å². The maximum absolute atomic E-state index is 12.0. The Balaban J connectivity index is 1.98. The van der Waals surface area contributed by atoms with Gasteiger partial charge in [-0.25, -0.2) is 4.79 Å². The van der Waals surface area contributed by atoms with Gasteiger partial charge in [-0.3, -0.25) is 14.9 Å². The Hall–Kier alpha value is -3.38. The summed E-state index contributed by atoms with van der Waals surface area (Å²) in [4.78, 5) is 34.9. The van der Waals surface area contributed by atoms with Crippen LogP contribution in [0.15, 0.2) is 47.4 Å². The number of aryl methyl sites for hydroxylation is 1. The molecule has 0 aliphatic carbocycles. The van der Waals surface area contributed by atoms with Crippen molar-refractivity contribution in [3.8, 4) is 5.40 Å². The van der Waals surface area contributed by atoms with Gasteiger partial charge in [-0.05, 0) is 48.5 Å². The second kappa shape index (κ2) is 8.64. The summed E-state index contributed by atoms with van der Waals surface area (Å²) in [7, 11) is 0. The topological polar surface area (TPSA) is 122 Å². The number of carbonyl (C=O) groups is 2. The number of rotatable bonds is 6. The molecule has 0 bridgehead atoms. The van der Waals surface area contributed by atoms with Gasteiger partial charge in [-0.1, -0.05) is 12.1 Å². The van der Waals surface area contributed by atoms with Crippen LogP contribution in [0.4, 0.5) is 11.4 Å². The van der Waals surface area contributed by atoms with Gasteiger partial charge in [-0.15, -0.1) is 0 Å². The normalized spacial score (nSPS) is 9.85. The van der Waals surface area contributed by atoms with Gasteiger partial charge in [0.2, 0.25) is 0 Å². The van der Waals surface area contributed by atoms with E-state index in [1.165, 1.54) is 24.3 Å². The van der Waals surface area contributed by atoms with E-state index in [1.807, 2.05) is 5.40 Å². The highest BCUT2D eigenvalue weighted by molar-refractivity contribution is 8.03. The molecule has 0 unspecified atom stereocenters. The monoisotopic (exact) mass is 371 g/mol. The van der Waals surface area contributed by atoms with Crippen molar-refractivity contribution < 1.29 is 19.2 Å². The van der Waals surface area contributed by atoms with Crippen LogP contribution < -0.4 is 5.32 Å². The van der Waals surface area contributed by atoms with Crippen molar-refractivity contribution in [1.82, 2.24) is 0 Å². The zero-order valence-corrected chi connectivity index (χ0v) is 14.4. The molecule has 0 atom stereocenters. The van der Waals surface area contributed by atoms with Crippen molar-refractivity contribution in [2.75, 3.05) is 11.9 Å². The number of nitrogens with zero attached hydrogens (tertiary/aromatic N) is 2. The van der Waals surface area contributed by atoms with Gasteiger partial charge in [0.1, 0.15) is 11.0 Å². The Morgan fingerprint density at radius 3 is 2.69 bits per heavy atom. The fourth-order valence-electron chi connectivity index (χ4n) is 2.09. The highest BCUT2D eigenvalue weighted by atomic mass is 32.2. The Bertz CT molecular complexity index is 908. The number of nitrogens with one attached hydrogen (secondary N) is 1. The molecule has 132 valence electrons. The quantitative estimate of drug-likeness (QED) is 0.272. The van der Waals surface area contributed by atoms with Crippen molar-refractivity contribution >= 4 is 35.0 Å². The Kier molecular flexibility index (Phi) is 6.30. The highest BCUT2D eigenvalue weighted by Gasteiger charge is 2.21. The van der Waals surface area contributed by atoms with Crippen LogP contribution in [0.5, 0.6) is 0 Å². The first-order chi connectivity index (χ1) is 12.4. The van der Waals surface area contributed by atoms with E-state index >= 15 is 0 Å². The van der Waals surface area contributed by atoms with Gasteiger partial charge in [0.15, 0.2) is 6.61 Å². The summed E-state index contributed by atoms with van der Waals surface area (Å²) in [6, 6.07) is 10.4. The van der Waals surface area contributed by atoms with Gasteiger partial charge in [0.05, 0.1) is 4.92 Å². The minimum Gasteiger partial charge on any atom is -0.452 e. The van der Waals surface area contributed by atoms with E-state index in [0.29, 0.717) is 5.69 Å². The lowest BCUT2D eigenvalue weighted by atomic mass is 10.2. The first-order valence-electron chi connectivity index (χ1n) is 7.29. The zero-order chi connectivity index (χ0) is 19.1. The van der Waals surface area contributed by atoms with Crippen LogP contribution in [-0.2, 0) is 9.53 Å². The number of ether oxygens (including phenoxy) is 1. The van der Waals surface area contributed by atoms with Crippen molar-refractivity contribution in [2.24, 2.45) is 0 Å². The van der Waals surface area contributed by atoms with Gasteiger partial charge >= 0.3 is 5.97 Å². The lowest BCUT2D eigenvalue weighted by Gasteiger charge is -2.10. The predicted molar refractivity (Wildman–Crippen MR) is 94.7 cm³/mol. The molecule has 26 heavy (non-hydrogen) atoms. The second-order valence-electron chi connectivity index (χ2n) is 5.07. The van der Waals surface area contributed by atoms with E-state index in [1.54, 1.807) is 25.1 Å². The third-order valence-electron chi connectivity index (χ3n) is 3.29. The summed E-state index contributed by atoms with van der Waals surface area (Å²) in [5.74, 6) is -1.54. The SMILES string of the molecule is Cc1cc(SC#N)ccc1NC(=O)COC(=O)c1ccccc1[N+](=O)[O-]. The molecule has 0 fully saturated rings. The van der Waals surface area contributed by atoms with E-state index in [0.717, 1.165) is 22.2 Å². The Morgan fingerprint density at radius 2 is 2.04 bits per heavy atom. The molecule has 0 spiro atoms. The van der Waals surface area contributed by atoms with Crippen LogP contribution in [0.1, 0.15) is 15.9 Å². The molecule has 2 aromatic carbocycles. The number of hydrogen-bond acceptors (Lipinski definition) is 7. The van der Waals surface area contributed by atoms with Crippen molar-refractivity contribution in [2.45, 2.75) is 11.8 Å². The number of esters is 1. The molecule has 0 aliphatic rings. The average Bonchev–Trinajstić information content (AvgIpc) is 2.62. The zero-order valence-electron chi connectivity index (χ0n) is 13.6. The molecule has 1 amide bonds. The number of thioether (sulfide) groups is 1. The molecule has 8 nitrogen and oxygen atoms in total. The molecule has 1 N–H and O–H groups in total. The molecule has 2 rings (SSSR count). The Labute approximate surface area is 152 Å². The lowest BCUT2D eigenvalue weighted by molar-refractivity contribution is -0.385. The molecule has 0 aliphatic heterocycles. The average molecular weight is 371 g/mol. The van der Waals surface area contributed by atoms with Crippen LogP contribution in [0.3, 0.4) is 0 Å². The van der Waals surface area contributed by atoms with Crippen LogP contribution in [0, 0.1) is 27.7 Å². The van der Waals surface area contributed by atoms with Gasteiger partial charge in [0, 0.05) is 16.6 Å². The molecule has 0 saturated carbocycles. The van der Waals surface area contributed by atoms with Crippen molar-refractivity contribution in [3.63, 3.8) is 0 Å². The molecule has 2 aromatic rings. The molecule has 0 aromatic heterocycles. The summed E-state index contributed by atoms with van der Waals surface area (Å²) in [6.07, 6.45) is 0. The summed E-state index contributed by atoms with van der Waals surface area (Å²) in [6.45, 7) is 1.18. The molecule has 0 radical (unpaired) electrons. The van der Waals surface area contributed by atoms with Gasteiger partial charge in [0.25, 0.3) is 11.6 Å². The van der Waals surface area contributed by atoms with Crippen LogP contribution in [0.2, 0.25) is 0 Å². The van der Waals surface area contributed by atoms with Crippen LogP contribution in [0.25, 0.3) is 0 Å². The molecule has 0 heterocycles. The fraction of sp³-hybridized carbons (Fsp3) is 0.118. The first-order valence-corrected chi connectivity index (χ1v) is 8.11. The summed E-state index contributed by atoms with van der Waals surface area (Å²) in [5, 5.41) is 24.1. The molecular weight excluding hydrogens is 358 g/mol. The highest BCUT2D eigenvalue weighted by Crippen LogP contribution is 2.23. The van der Waals surface area contributed by atoms with E-state index < -0.39 is 23.4 Å². The number of carbonyl (C=O) groups excluding carboxylic acids is 2. The van der Waals surface area contributed by atoms with E-state index in [9.17, 15) is 19.7 Å². The smallest absolute Gasteiger partial charge is 0.345 e. The van der Waals surface area contributed by atoms with Crippen LogP contribution in [-0.4, -0.2) is 23.4 Å². The maximum atomic E-state index is 12.0. The van der Waals surface area contributed by atoms with Crippen molar-refractivity contribution in [1.29, 1.82) is 5.26 Å². The first kappa shape index (κ1) is 19.0. The number of thiocyanates is 1. The van der Waals surface area contributed by atoms with Crippen molar-refractivity contribution in [3.05, 3.63) is 63.7 Å². The van der Waals surface area contributed by atoms with E-state index in [4.69, 9.17) is 10.00 Å². The van der Waals surface area contributed by atoms with E-state index in [2.05, 4.69) is 5.32 Å². The van der Waals surface area contributed by atoms with Gasteiger partial charge in [-0.2, -0.15) is 5.26 Å². The largest absolute Gasteiger partial charge is 0.452 e. The molecule has 9 heteroatoms. The number of nitro benzene ring substituents is 1. The number of anilines is 1. The number of nitriles is 1. The predicted octanol–water partition coefficient (Wildman–Crippen LogP) is 3.27. The lowest BCUT2D eigenvalue weighted by Crippen LogP contribution is -2.21. The number of hydrogen-bond donors (Lipinski definition) is 1. The number of para-hydroxylation sites is 1.